The summed E-state index contributed by atoms with van der Waals surface area (Å²) < 4.78 is 0. The summed E-state index contributed by atoms with van der Waals surface area (Å²) in [5, 5.41) is 0. The van der Waals surface area contributed by atoms with Crippen molar-refractivity contribution in [2.24, 2.45) is 0 Å². The summed E-state index contributed by atoms with van der Waals surface area (Å²) in [6.45, 7) is 0. The first kappa shape index (κ1) is 28.7. The van der Waals surface area contributed by atoms with E-state index in [0.717, 1.165) is 39.8 Å². The molecule has 3 nitrogen and oxygen atoms in total. The molecule has 230 valence electrons. The van der Waals surface area contributed by atoms with E-state index in [2.05, 4.69) is 115 Å². The molecular formula is C46H31N3. The maximum Gasteiger partial charge on any atom is 0.164 e. The fourth-order valence-electron chi connectivity index (χ4n) is 7.04. The Morgan fingerprint density at radius 1 is 0.265 bits per heavy atom. The van der Waals surface area contributed by atoms with E-state index in [9.17, 15) is 0 Å². The van der Waals surface area contributed by atoms with Gasteiger partial charge in [-0.2, -0.15) is 0 Å². The first-order valence-electron chi connectivity index (χ1n) is 16.7. The summed E-state index contributed by atoms with van der Waals surface area (Å²) in [6.07, 6.45) is 0.874. The van der Waals surface area contributed by atoms with E-state index in [1.54, 1.807) is 0 Å². The highest BCUT2D eigenvalue weighted by molar-refractivity contribution is 5.91. The molecule has 0 unspecified atom stereocenters. The second kappa shape index (κ2) is 12.3. The zero-order valence-electron chi connectivity index (χ0n) is 26.8. The lowest BCUT2D eigenvalue weighted by atomic mass is 9.91. The number of benzene rings is 7. The Morgan fingerprint density at radius 2 is 0.633 bits per heavy atom. The molecule has 0 saturated carbocycles. The van der Waals surface area contributed by atoms with Crippen LogP contribution in [0.15, 0.2) is 176 Å². The summed E-state index contributed by atoms with van der Waals surface area (Å²) in [7, 11) is 0. The predicted molar refractivity (Wildman–Crippen MR) is 201 cm³/mol. The third-order valence-corrected chi connectivity index (χ3v) is 9.39. The van der Waals surface area contributed by atoms with Gasteiger partial charge in [0, 0.05) is 16.7 Å². The number of hydrogen-bond acceptors (Lipinski definition) is 3. The van der Waals surface area contributed by atoms with Crippen molar-refractivity contribution in [1.82, 2.24) is 15.0 Å². The van der Waals surface area contributed by atoms with Crippen LogP contribution in [0.4, 0.5) is 0 Å². The van der Waals surface area contributed by atoms with Gasteiger partial charge in [-0.25, -0.2) is 15.0 Å². The van der Waals surface area contributed by atoms with E-state index >= 15 is 0 Å². The molecule has 0 fully saturated rings. The van der Waals surface area contributed by atoms with Gasteiger partial charge in [-0.1, -0.05) is 158 Å². The van der Waals surface area contributed by atoms with Crippen molar-refractivity contribution in [3.63, 3.8) is 0 Å². The molecule has 3 heteroatoms. The number of hydrogen-bond donors (Lipinski definition) is 0. The molecule has 1 aliphatic rings. The molecule has 0 radical (unpaired) electrons. The Labute approximate surface area is 286 Å². The minimum Gasteiger partial charge on any atom is -0.208 e. The Kier molecular flexibility index (Phi) is 7.21. The van der Waals surface area contributed by atoms with Crippen molar-refractivity contribution in [1.29, 1.82) is 0 Å². The average molecular weight is 626 g/mol. The molecule has 1 aromatic heterocycles. The number of nitrogens with zero attached hydrogens (tertiary/aromatic N) is 3. The molecule has 1 aliphatic carbocycles. The van der Waals surface area contributed by atoms with Crippen LogP contribution < -0.4 is 0 Å². The molecule has 0 saturated heterocycles. The van der Waals surface area contributed by atoms with E-state index in [-0.39, 0.29) is 0 Å². The lowest BCUT2D eigenvalue weighted by Crippen LogP contribution is -2.00. The Hall–Kier alpha value is -6.45. The van der Waals surface area contributed by atoms with Crippen LogP contribution >= 0.6 is 0 Å². The van der Waals surface area contributed by atoms with Gasteiger partial charge < -0.3 is 0 Å². The van der Waals surface area contributed by atoms with Gasteiger partial charge in [0.05, 0.1) is 0 Å². The molecule has 0 bridgehead atoms. The average Bonchev–Trinajstić information content (AvgIpc) is 3.58. The Balaban J connectivity index is 1.23. The number of fused-ring (bicyclic) bond motifs is 3. The van der Waals surface area contributed by atoms with Crippen LogP contribution in [-0.4, -0.2) is 15.0 Å². The van der Waals surface area contributed by atoms with E-state index in [1.165, 1.54) is 38.9 Å². The molecule has 9 rings (SSSR count). The smallest absolute Gasteiger partial charge is 0.164 e. The molecule has 8 aromatic rings. The molecule has 7 aromatic carbocycles. The second-order valence-electron chi connectivity index (χ2n) is 12.4. The lowest BCUT2D eigenvalue weighted by molar-refractivity contribution is 1.07. The topological polar surface area (TPSA) is 38.7 Å². The van der Waals surface area contributed by atoms with Crippen molar-refractivity contribution in [3.8, 4) is 78.7 Å². The highest BCUT2D eigenvalue weighted by Crippen LogP contribution is 2.46. The van der Waals surface area contributed by atoms with Gasteiger partial charge in [-0.3, -0.25) is 0 Å². The van der Waals surface area contributed by atoms with Gasteiger partial charge in [-0.15, -0.1) is 0 Å². The van der Waals surface area contributed by atoms with Gasteiger partial charge >= 0.3 is 0 Å². The summed E-state index contributed by atoms with van der Waals surface area (Å²) in [5.41, 5.74) is 15.4. The largest absolute Gasteiger partial charge is 0.208 e. The first-order chi connectivity index (χ1) is 24.3. The van der Waals surface area contributed by atoms with Crippen molar-refractivity contribution < 1.29 is 0 Å². The molecule has 0 spiro atoms. The fraction of sp³-hybridized carbons (Fsp3) is 0.0217. The van der Waals surface area contributed by atoms with Crippen LogP contribution in [0.25, 0.3) is 78.7 Å². The molecule has 0 atom stereocenters. The van der Waals surface area contributed by atoms with Gasteiger partial charge in [0.1, 0.15) is 0 Å². The van der Waals surface area contributed by atoms with Crippen molar-refractivity contribution >= 4 is 0 Å². The third kappa shape index (κ3) is 5.42. The van der Waals surface area contributed by atoms with Crippen LogP contribution in [0.5, 0.6) is 0 Å². The van der Waals surface area contributed by atoms with Crippen LogP contribution in [0, 0.1) is 0 Å². The molecule has 0 amide bonds. The zero-order valence-corrected chi connectivity index (χ0v) is 26.8. The van der Waals surface area contributed by atoms with E-state index in [1.807, 2.05) is 60.7 Å². The Bertz CT molecular complexity index is 2380. The quantitative estimate of drug-likeness (QED) is 0.185. The number of aromatic nitrogens is 3. The molecule has 0 N–H and O–H groups in total. The van der Waals surface area contributed by atoms with Crippen molar-refractivity contribution in [2.45, 2.75) is 6.42 Å². The molecule has 0 aliphatic heterocycles. The van der Waals surface area contributed by atoms with Crippen molar-refractivity contribution in [3.05, 3.63) is 187 Å². The monoisotopic (exact) mass is 625 g/mol. The third-order valence-electron chi connectivity index (χ3n) is 9.39. The summed E-state index contributed by atoms with van der Waals surface area (Å²) in [6, 6.07) is 61.8. The molecular weight excluding hydrogens is 595 g/mol. The summed E-state index contributed by atoms with van der Waals surface area (Å²) in [5.74, 6) is 1.95. The van der Waals surface area contributed by atoms with Crippen molar-refractivity contribution in [2.75, 3.05) is 0 Å². The van der Waals surface area contributed by atoms with Crippen LogP contribution in [0.2, 0.25) is 0 Å². The predicted octanol–water partition coefficient (Wildman–Crippen LogP) is 11.4. The molecule has 1 heterocycles. The second-order valence-corrected chi connectivity index (χ2v) is 12.4. The summed E-state index contributed by atoms with van der Waals surface area (Å²) in [4.78, 5) is 15.1. The highest BCUT2D eigenvalue weighted by atomic mass is 15.0. The van der Waals surface area contributed by atoms with Gasteiger partial charge in [0.25, 0.3) is 0 Å². The maximum absolute atomic E-state index is 5.10. The summed E-state index contributed by atoms with van der Waals surface area (Å²) >= 11 is 0. The van der Waals surface area contributed by atoms with E-state index in [0.29, 0.717) is 17.5 Å². The normalized spacial score (nSPS) is 11.6. The minimum atomic E-state index is 0.647. The SMILES string of the molecule is c1ccc(-c2cc(-c3nc(-c4ccccc4)nc(-c4ccccc4)n3)cc(-c3cccc4c3Cc3c(-c5ccccc5)cccc3-4)c2)cc1. The minimum absolute atomic E-state index is 0.647. The van der Waals surface area contributed by atoms with E-state index in [4.69, 9.17) is 15.0 Å². The van der Waals surface area contributed by atoms with Gasteiger partial charge in [-0.05, 0) is 80.3 Å². The molecule has 49 heavy (non-hydrogen) atoms. The van der Waals surface area contributed by atoms with E-state index < -0.39 is 0 Å². The zero-order chi connectivity index (χ0) is 32.6. The maximum atomic E-state index is 5.10. The van der Waals surface area contributed by atoms with Crippen LogP contribution in [0.3, 0.4) is 0 Å². The van der Waals surface area contributed by atoms with Crippen LogP contribution in [-0.2, 0) is 6.42 Å². The van der Waals surface area contributed by atoms with Gasteiger partial charge in [0.15, 0.2) is 17.5 Å². The lowest BCUT2D eigenvalue weighted by Gasteiger charge is -2.14. The first-order valence-corrected chi connectivity index (χ1v) is 16.7. The standard InChI is InChI=1S/C46H31N3/c1-5-15-31(16-6-1)35-27-36(39-24-14-26-41-40-25-13-23-38(42(40)30-43(39)41)32-17-7-2-8-18-32)29-37(28-35)46-48-44(33-19-9-3-10-20-33)47-45(49-46)34-21-11-4-12-22-34/h1-29H,30H2. The fourth-order valence-corrected chi connectivity index (χ4v) is 7.04. The highest BCUT2D eigenvalue weighted by Gasteiger charge is 2.25. The Morgan fingerprint density at radius 3 is 1.14 bits per heavy atom. The van der Waals surface area contributed by atoms with Gasteiger partial charge in [0.2, 0.25) is 0 Å². The van der Waals surface area contributed by atoms with Crippen LogP contribution in [0.1, 0.15) is 11.1 Å². The number of rotatable bonds is 6.